The van der Waals surface area contributed by atoms with E-state index >= 15 is 0 Å². The molecule has 0 aromatic carbocycles. The molecule has 1 aliphatic heterocycles. The summed E-state index contributed by atoms with van der Waals surface area (Å²) in [6, 6.07) is 2.64. The Morgan fingerprint density at radius 1 is 1.63 bits per heavy atom. The van der Waals surface area contributed by atoms with Crippen molar-refractivity contribution >= 4 is 34.2 Å². The second-order valence-electron chi connectivity index (χ2n) is 4.88. The molecule has 2 N–H and O–H groups in total. The number of carbonyl (C=O) groups excluding carboxylic acids is 1. The number of carbonyl (C=O) groups is 1. The zero-order valence-electron chi connectivity index (χ0n) is 11.3. The summed E-state index contributed by atoms with van der Waals surface area (Å²) in [4.78, 5) is 12.2. The topological polar surface area (TPSA) is 46.1 Å². The number of piperidine rings is 1. The number of aryl methyl sites for hydroxylation is 1. The van der Waals surface area contributed by atoms with Crippen LogP contribution in [0.15, 0.2) is 16.7 Å². The van der Waals surface area contributed by atoms with E-state index in [0.717, 1.165) is 36.1 Å². The van der Waals surface area contributed by atoms with Gasteiger partial charge in [-0.2, -0.15) is 0 Å². The van der Waals surface area contributed by atoms with Crippen LogP contribution >= 0.6 is 28.3 Å². The van der Waals surface area contributed by atoms with Gasteiger partial charge >= 0.3 is 0 Å². The minimum absolute atomic E-state index is 0. The molecule has 6 heteroatoms. The molecule has 2 rings (SSSR count). The molecule has 2 atom stereocenters. The van der Waals surface area contributed by atoms with Crippen molar-refractivity contribution in [3.8, 4) is 0 Å². The monoisotopic (exact) mass is 349 g/mol. The lowest BCUT2D eigenvalue weighted by Gasteiger charge is -2.28. The van der Waals surface area contributed by atoms with E-state index in [4.69, 9.17) is 0 Å². The minimum Gasteiger partial charge on any atom is -0.348 e. The average Bonchev–Trinajstić information content (AvgIpc) is 2.70. The number of hydrogen-bond donors (Lipinski definition) is 2. The van der Waals surface area contributed by atoms with Gasteiger partial charge in [-0.05, 0) is 55.2 Å². The van der Waals surface area contributed by atoms with E-state index in [1.807, 2.05) is 23.8 Å². The Labute approximate surface area is 128 Å². The number of amides is 1. The predicted octanol–water partition coefficient (Wildman–Crippen LogP) is 2.56. The van der Waals surface area contributed by atoms with E-state index in [0.29, 0.717) is 6.04 Å². The quantitative estimate of drug-likeness (QED) is 0.880. The fourth-order valence-electron chi connectivity index (χ4n) is 2.45. The van der Waals surface area contributed by atoms with Gasteiger partial charge in [0.05, 0.1) is 0 Å². The lowest BCUT2D eigenvalue weighted by Crippen LogP contribution is -2.46. The average molecular weight is 351 g/mol. The Morgan fingerprint density at radius 3 is 3.00 bits per heavy atom. The van der Waals surface area contributed by atoms with Crippen LogP contribution in [0.5, 0.6) is 0 Å². The van der Waals surface area contributed by atoms with Crippen molar-refractivity contribution in [3.63, 3.8) is 0 Å². The van der Waals surface area contributed by atoms with Crippen LogP contribution in [0.2, 0.25) is 0 Å². The highest BCUT2D eigenvalue weighted by molar-refractivity contribution is 9.10. The van der Waals surface area contributed by atoms with Gasteiger partial charge in [0, 0.05) is 29.3 Å². The van der Waals surface area contributed by atoms with Crippen LogP contribution in [0.4, 0.5) is 0 Å². The summed E-state index contributed by atoms with van der Waals surface area (Å²) in [7, 11) is 0. The second kappa shape index (κ2) is 7.31. The van der Waals surface area contributed by atoms with Crippen molar-refractivity contribution in [2.24, 2.45) is 0 Å². The fraction of sp³-hybridized carbons (Fsp3) is 0.615. The number of hydrogen-bond acceptors (Lipinski definition) is 2. The lowest BCUT2D eigenvalue weighted by molar-refractivity contribution is 0.0916. The number of nitrogens with one attached hydrogen (secondary N) is 2. The van der Waals surface area contributed by atoms with Crippen LogP contribution < -0.4 is 10.6 Å². The maximum absolute atomic E-state index is 12.2. The first-order valence-corrected chi connectivity index (χ1v) is 7.29. The van der Waals surface area contributed by atoms with Crippen molar-refractivity contribution in [2.45, 2.75) is 45.3 Å². The molecule has 1 fully saturated rings. The van der Waals surface area contributed by atoms with Gasteiger partial charge in [-0.15, -0.1) is 12.4 Å². The van der Waals surface area contributed by atoms with Gasteiger partial charge in [0.25, 0.3) is 5.91 Å². The van der Waals surface area contributed by atoms with Gasteiger partial charge in [-0.25, -0.2) is 0 Å². The summed E-state index contributed by atoms with van der Waals surface area (Å²) in [5.41, 5.74) is 0.732. The highest BCUT2D eigenvalue weighted by Crippen LogP contribution is 2.16. The Hall–Kier alpha value is -0.520. The molecule has 0 spiro atoms. The predicted molar refractivity (Wildman–Crippen MR) is 83.0 cm³/mol. The molecular formula is C13H21BrClN3O. The molecular weight excluding hydrogens is 330 g/mol. The zero-order chi connectivity index (χ0) is 13.1. The third-order valence-electron chi connectivity index (χ3n) is 3.40. The van der Waals surface area contributed by atoms with Gasteiger partial charge in [0.2, 0.25) is 0 Å². The SMILES string of the molecule is CCn1cc(Br)cc1C(=O)NC1CCNC(C)C1.Cl. The van der Waals surface area contributed by atoms with Crippen molar-refractivity contribution in [1.29, 1.82) is 0 Å². The largest absolute Gasteiger partial charge is 0.348 e. The molecule has 4 nitrogen and oxygen atoms in total. The molecule has 1 aromatic heterocycles. The third kappa shape index (κ3) is 4.23. The molecule has 2 heterocycles. The molecule has 19 heavy (non-hydrogen) atoms. The molecule has 1 amide bonds. The summed E-state index contributed by atoms with van der Waals surface area (Å²) < 4.78 is 2.91. The third-order valence-corrected chi connectivity index (χ3v) is 3.83. The molecule has 0 aliphatic carbocycles. The maximum atomic E-state index is 12.2. The zero-order valence-corrected chi connectivity index (χ0v) is 13.7. The molecule has 1 aromatic rings. The summed E-state index contributed by atoms with van der Waals surface area (Å²) in [5.74, 6) is 0.0293. The van der Waals surface area contributed by atoms with E-state index in [9.17, 15) is 4.79 Å². The highest BCUT2D eigenvalue weighted by atomic mass is 79.9. The minimum atomic E-state index is 0. The molecule has 0 bridgehead atoms. The normalized spacial score (nSPS) is 22.7. The number of aromatic nitrogens is 1. The van der Waals surface area contributed by atoms with Crippen LogP contribution in [0, 0.1) is 0 Å². The molecule has 1 aliphatic rings. The van der Waals surface area contributed by atoms with E-state index < -0.39 is 0 Å². The first-order chi connectivity index (χ1) is 8.60. The summed E-state index contributed by atoms with van der Waals surface area (Å²) in [5, 5.41) is 6.52. The summed E-state index contributed by atoms with van der Waals surface area (Å²) in [6.45, 7) is 5.97. The van der Waals surface area contributed by atoms with Crippen molar-refractivity contribution in [2.75, 3.05) is 6.54 Å². The molecule has 108 valence electrons. The Kier molecular flexibility index (Phi) is 6.36. The fourth-order valence-corrected chi connectivity index (χ4v) is 2.91. The smallest absolute Gasteiger partial charge is 0.268 e. The highest BCUT2D eigenvalue weighted by Gasteiger charge is 2.21. The standard InChI is InChI=1S/C13H20BrN3O.ClH/c1-3-17-8-10(14)7-12(17)13(18)16-11-4-5-15-9(2)6-11;/h7-9,11,15H,3-6H2,1-2H3,(H,16,18);1H. The van der Waals surface area contributed by atoms with Gasteiger partial charge in [0.15, 0.2) is 0 Å². The van der Waals surface area contributed by atoms with Crippen LogP contribution in [0.3, 0.4) is 0 Å². The Morgan fingerprint density at radius 2 is 2.37 bits per heavy atom. The van der Waals surface area contributed by atoms with Gasteiger partial charge in [-0.3, -0.25) is 4.79 Å². The van der Waals surface area contributed by atoms with E-state index in [2.05, 4.69) is 33.5 Å². The lowest BCUT2D eigenvalue weighted by atomic mass is 10.0. The molecule has 2 unspecified atom stereocenters. The van der Waals surface area contributed by atoms with Gasteiger partial charge in [-0.1, -0.05) is 0 Å². The first-order valence-electron chi connectivity index (χ1n) is 6.50. The molecule has 0 saturated carbocycles. The Balaban J connectivity index is 0.00000180. The van der Waals surface area contributed by atoms with Crippen molar-refractivity contribution < 1.29 is 4.79 Å². The number of halogens is 2. The summed E-state index contributed by atoms with van der Waals surface area (Å²) in [6.07, 6.45) is 3.95. The molecule has 1 saturated heterocycles. The maximum Gasteiger partial charge on any atom is 0.268 e. The van der Waals surface area contributed by atoms with Crippen LogP contribution in [-0.4, -0.2) is 29.1 Å². The van der Waals surface area contributed by atoms with Crippen molar-refractivity contribution in [1.82, 2.24) is 15.2 Å². The van der Waals surface area contributed by atoms with Gasteiger partial charge in [0.1, 0.15) is 5.69 Å². The van der Waals surface area contributed by atoms with E-state index in [1.165, 1.54) is 0 Å². The van der Waals surface area contributed by atoms with E-state index in [1.54, 1.807) is 0 Å². The molecule has 0 radical (unpaired) electrons. The number of nitrogens with zero attached hydrogens (tertiary/aromatic N) is 1. The van der Waals surface area contributed by atoms with Crippen LogP contribution in [-0.2, 0) is 6.54 Å². The van der Waals surface area contributed by atoms with Gasteiger partial charge < -0.3 is 15.2 Å². The first kappa shape index (κ1) is 16.5. The number of rotatable bonds is 3. The van der Waals surface area contributed by atoms with Crippen LogP contribution in [0.1, 0.15) is 37.2 Å². The second-order valence-corrected chi connectivity index (χ2v) is 5.80. The van der Waals surface area contributed by atoms with E-state index in [-0.39, 0.29) is 24.4 Å². The summed E-state index contributed by atoms with van der Waals surface area (Å²) >= 11 is 3.42. The van der Waals surface area contributed by atoms with Crippen molar-refractivity contribution in [3.05, 3.63) is 22.4 Å². The Bertz CT molecular complexity index is 436. The van der Waals surface area contributed by atoms with Crippen LogP contribution in [0.25, 0.3) is 0 Å².